The number of primary amides is 1. The number of hydrogen-bond acceptors (Lipinski definition) is 8. The number of nitrogens with one attached hydrogen (secondary N) is 1. The summed E-state index contributed by atoms with van der Waals surface area (Å²) in [5.41, 5.74) is 5.72. The van der Waals surface area contributed by atoms with E-state index in [0.29, 0.717) is 0 Å². The third-order valence-electron chi connectivity index (χ3n) is 6.42. The number of halogens is 4. The molecule has 0 spiro atoms. The number of aliphatic hydroxyl groups is 1. The van der Waals surface area contributed by atoms with Crippen molar-refractivity contribution in [3.05, 3.63) is 71.2 Å². The second-order valence-electron chi connectivity index (χ2n) is 9.61. The molecule has 0 bridgehead atoms. The second kappa shape index (κ2) is 10.9. The molecule has 0 saturated carbocycles. The number of pyridine rings is 1. The Balaban J connectivity index is 1.70. The Labute approximate surface area is 231 Å². The minimum atomic E-state index is -5.31. The summed E-state index contributed by atoms with van der Waals surface area (Å²) in [6.07, 6.45) is -5.31. The minimum absolute atomic E-state index is 0.0106. The highest BCUT2D eigenvalue weighted by Gasteiger charge is 2.57. The minimum Gasteiger partial charge on any atom is -0.493 e. The number of ether oxygens (including phenoxy) is 3. The van der Waals surface area contributed by atoms with E-state index in [0.717, 1.165) is 18.2 Å². The molecule has 0 aliphatic carbocycles. The lowest BCUT2D eigenvalue weighted by Crippen LogP contribution is -2.51. The molecule has 6 N–H and O–H groups in total. The first-order valence-corrected chi connectivity index (χ1v) is 12.1. The van der Waals surface area contributed by atoms with Gasteiger partial charge in [0.25, 0.3) is 11.8 Å². The van der Waals surface area contributed by atoms with E-state index in [1.165, 1.54) is 44.4 Å². The van der Waals surface area contributed by atoms with Crippen LogP contribution in [0.5, 0.6) is 17.2 Å². The molecule has 0 radical (unpaired) electrons. The number of nitrogens with zero attached hydrogens (tertiary/aromatic N) is 1. The summed E-state index contributed by atoms with van der Waals surface area (Å²) in [4.78, 5) is 27.9. The van der Waals surface area contributed by atoms with Crippen LogP contribution in [0.1, 0.15) is 28.5 Å². The van der Waals surface area contributed by atoms with E-state index in [1.807, 2.05) is 0 Å². The lowest BCUT2D eigenvalue weighted by atomic mass is 9.89. The van der Waals surface area contributed by atoms with E-state index in [9.17, 15) is 32.3 Å². The van der Waals surface area contributed by atoms with Gasteiger partial charge in [-0.15, -0.1) is 0 Å². The zero-order valence-electron chi connectivity index (χ0n) is 21.8. The third kappa shape index (κ3) is 5.88. The number of nitrogens with two attached hydrogens (primary N) is 2. The van der Waals surface area contributed by atoms with Crippen LogP contribution in [0.15, 0.2) is 48.5 Å². The molecule has 0 saturated heterocycles. The van der Waals surface area contributed by atoms with Crippen LogP contribution in [0.4, 0.5) is 17.6 Å². The van der Waals surface area contributed by atoms with Crippen molar-refractivity contribution in [2.24, 2.45) is 11.5 Å². The van der Waals surface area contributed by atoms with E-state index < -0.39 is 53.8 Å². The molecule has 10 nitrogen and oxygen atoms in total. The molecule has 2 amide bonds. The molecule has 3 aromatic rings. The SMILES string of the molecule is COc1cc(C(=O)NCC(O)(c2cc3c(c(-c4ccc(F)cc4)n2)OCC3(C)N)C(F)(F)F)ccc1OCC(N)=O. The fourth-order valence-electron chi connectivity index (χ4n) is 4.14. The van der Waals surface area contributed by atoms with Crippen LogP contribution in [-0.4, -0.2) is 54.9 Å². The van der Waals surface area contributed by atoms with Gasteiger partial charge < -0.3 is 36.1 Å². The molecule has 2 atom stereocenters. The van der Waals surface area contributed by atoms with E-state index in [1.54, 1.807) is 0 Å². The van der Waals surface area contributed by atoms with Gasteiger partial charge in [-0.1, -0.05) is 0 Å². The summed E-state index contributed by atoms with van der Waals surface area (Å²) < 4.78 is 72.9. The van der Waals surface area contributed by atoms with Crippen molar-refractivity contribution in [2.75, 3.05) is 26.9 Å². The number of hydrogen-bond donors (Lipinski definition) is 4. The number of aromatic nitrogens is 1. The zero-order valence-corrected chi connectivity index (χ0v) is 21.8. The molecular weight excluding hydrogens is 552 g/mol. The molecule has 2 heterocycles. The maximum atomic E-state index is 14.5. The summed E-state index contributed by atoms with van der Waals surface area (Å²) in [6, 6.07) is 9.46. The number of fused-ring (bicyclic) bond motifs is 1. The van der Waals surface area contributed by atoms with Crippen LogP contribution in [0, 0.1) is 5.82 Å². The lowest BCUT2D eigenvalue weighted by Gasteiger charge is -2.31. The average molecular weight is 579 g/mol. The largest absolute Gasteiger partial charge is 0.493 e. The van der Waals surface area contributed by atoms with Gasteiger partial charge in [-0.3, -0.25) is 9.59 Å². The van der Waals surface area contributed by atoms with E-state index in [4.69, 9.17) is 25.7 Å². The van der Waals surface area contributed by atoms with Crippen molar-refractivity contribution in [1.82, 2.24) is 10.3 Å². The molecule has 41 heavy (non-hydrogen) atoms. The van der Waals surface area contributed by atoms with E-state index in [2.05, 4.69) is 10.3 Å². The van der Waals surface area contributed by atoms with Crippen molar-refractivity contribution < 1.29 is 46.5 Å². The Morgan fingerprint density at radius 2 is 1.83 bits per heavy atom. The summed E-state index contributed by atoms with van der Waals surface area (Å²) in [7, 11) is 1.25. The number of carbonyl (C=O) groups is 2. The Morgan fingerprint density at radius 1 is 1.15 bits per heavy atom. The molecule has 2 unspecified atom stereocenters. The monoisotopic (exact) mass is 578 g/mol. The van der Waals surface area contributed by atoms with Crippen LogP contribution in [0.2, 0.25) is 0 Å². The topological polar surface area (TPSA) is 159 Å². The normalized spacial score (nSPS) is 17.7. The molecule has 4 rings (SSSR count). The first-order valence-electron chi connectivity index (χ1n) is 12.1. The van der Waals surface area contributed by atoms with Gasteiger partial charge in [0.05, 0.1) is 24.9 Å². The average Bonchev–Trinajstić information content (AvgIpc) is 3.23. The van der Waals surface area contributed by atoms with Crippen molar-refractivity contribution in [1.29, 1.82) is 0 Å². The molecule has 2 aromatic carbocycles. The molecule has 1 aliphatic heterocycles. The van der Waals surface area contributed by atoms with Crippen molar-refractivity contribution >= 4 is 11.8 Å². The molecule has 1 aliphatic rings. The number of amides is 2. The number of carbonyl (C=O) groups excluding carboxylic acids is 2. The van der Waals surface area contributed by atoms with Gasteiger partial charge in [0.15, 0.2) is 23.9 Å². The van der Waals surface area contributed by atoms with Crippen LogP contribution >= 0.6 is 0 Å². The Hall–Kier alpha value is -4.43. The highest BCUT2D eigenvalue weighted by molar-refractivity contribution is 5.95. The third-order valence-corrected chi connectivity index (χ3v) is 6.42. The maximum Gasteiger partial charge on any atom is 0.424 e. The van der Waals surface area contributed by atoms with E-state index in [-0.39, 0.29) is 46.2 Å². The van der Waals surface area contributed by atoms with Gasteiger partial charge in [-0.25, -0.2) is 9.37 Å². The molecule has 14 heteroatoms. The van der Waals surface area contributed by atoms with Crippen LogP contribution in [0.3, 0.4) is 0 Å². The highest BCUT2D eigenvalue weighted by atomic mass is 19.4. The summed E-state index contributed by atoms with van der Waals surface area (Å²) in [5.74, 6) is -2.15. The summed E-state index contributed by atoms with van der Waals surface area (Å²) in [5, 5.41) is 13.2. The van der Waals surface area contributed by atoms with Crippen LogP contribution < -0.4 is 31.0 Å². The summed E-state index contributed by atoms with van der Waals surface area (Å²) >= 11 is 0. The Bertz CT molecular complexity index is 1480. The van der Waals surface area contributed by atoms with Gasteiger partial charge in [0.1, 0.15) is 18.1 Å². The number of benzene rings is 2. The predicted octanol–water partition coefficient (Wildman–Crippen LogP) is 2.51. The van der Waals surface area contributed by atoms with Crippen molar-refractivity contribution in [3.8, 4) is 28.5 Å². The molecular formula is C27H26F4N4O6. The second-order valence-corrected chi connectivity index (χ2v) is 9.61. The zero-order chi connectivity index (χ0) is 30.2. The highest BCUT2D eigenvalue weighted by Crippen LogP contribution is 2.46. The summed E-state index contributed by atoms with van der Waals surface area (Å²) in [6.45, 7) is -0.338. The van der Waals surface area contributed by atoms with Gasteiger partial charge >= 0.3 is 6.18 Å². The fraction of sp³-hybridized carbons (Fsp3) is 0.296. The van der Waals surface area contributed by atoms with E-state index >= 15 is 0 Å². The first kappa shape index (κ1) is 29.6. The standard InChI is InChI=1S/C27H26F4N4O6/c1-25(33)13-41-23-17(25)10-20(35-22(23)14-3-6-16(28)7-4-14)26(38,27(29,30)31)12-34-24(37)15-5-8-18(19(9-15)39-2)40-11-21(32)36/h3-10,38H,11-13,33H2,1-2H3,(H2,32,36)(H,34,37). The molecule has 1 aromatic heterocycles. The maximum absolute atomic E-state index is 14.5. The molecule has 218 valence electrons. The smallest absolute Gasteiger partial charge is 0.424 e. The van der Waals surface area contributed by atoms with Gasteiger partial charge in [-0.2, -0.15) is 13.2 Å². The van der Waals surface area contributed by atoms with Gasteiger partial charge in [0.2, 0.25) is 5.60 Å². The van der Waals surface area contributed by atoms with Crippen molar-refractivity contribution in [2.45, 2.75) is 24.2 Å². The van der Waals surface area contributed by atoms with Crippen LogP contribution in [-0.2, 0) is 15.9 Å². The van der Waals surface area contributed by atoms with Gasteiger partial charge in [-0.05, 0) is 55.5 Å². The number of rotatable bonds is 9. The van der Waals surface area contributed by atoms with Gasteiger partial charge in [0, 0.05) is 16.7 Å². The Kier molecular flexibility index (Phi) is 7.83. The van der Waals surface area contributed by atoms with Crippen molar-refractivity contribution in [3.63, 3.8) is 0 Å². The predicted molar refractivity (Wildman–Crippen MR) is 137 cm³/mol. The number of alkyl halides is 3. The van der Waals surface area contributed by atoms with Crippen LogP contribution in [0.25, 0.3) is 11.3 Å². The molecule has 0 fully saturated rings. The first-order chi connectivity index (χ1) is 19.2. The number of methoxy groups -OCH3 is 1. The quantitative estimate of drug-likeness (QED) is 0.282. The lowest BCUT2D eigenvalue weighted by molar-refractivity contribution is -0.265. The Morgan fingerprint density at radius 3 is 2.44 bits per heavy atom. The fourth-order valence-corrected chi connectivity index (χ4v) is 4.14.